The summed E-state index contributed by atoms with van der Waals surface area (Å²) in [7, 11) is 0. The fourth-order valence-electron chi connectivity index (χ4n) is 6.01. The fourth-order valence-corrected chi connectivity index (χ4v) is 6.01. The Bertz CT molecular complexity index is 713. The van der Waals surface area contributed by atoms with Crippen molar-refractivity contribution in [1.82, 2.24) is 0 Å². The number of carbonyl (C=O) groups is 1. The molecule has 0 amide bonds. The average Bonchev–Trinajstić information content (AvgIpc) is 3.09. The molecule has 0 aromatic carbocycles. The molecule has 48 heavy (non-hydrogen) atoms. The molecule has 0 aliphatic carbocycles. The molecule has 0 saturated heterocycles. The van der Waals surface area contributed by atoms with Gasteiger partial charge in [-0.25, -0.2) is 0 Å². The Hall–Kier alpha value is -1.39. The van der Waals surface area contributed by atoms with Gasteiger partial charge in [0.1, 0.15) is 6.10 Å². The second kappa shape index (κ2) is 41.8. The topological polar surface area (TPSA) is 55.8 Å². The van der Waals surface area contributed by atoms with Gasteiger partial charge < -0.3 is 14.6 Å². The van der Waals surface area contributed by atoms with Gasteiger partial charge >= 0.3 is 5.97 Å². The van der Waals surface area contributed by atoms with Crippen molar-refractivity contribution in [2.45, 2.75) is 219 Å². The van der Waals surface area contributed by atoms with Gasteiger partial charge in [0.05, 0.1) is 13.2 Å². The van der Waals surface area contributed by atoms with Crippen LogP contribution in [0.2, 0.25) is 0 Å². The summed E-state index contributed by atoms with van der Waals surface area (Å²) < 4.78 is 11.1. The lowest BCUT2D eigenvalue weighted by Crippen LogP contribution is -2.27. The molecule has 0 aromatic rings. The van der Waals surface area contributed by atoms with Crippen molar-refractivity contribution in [1.29, 1.82) is 0 Å². The summed E-state index contributed by atoms with van der Waals surface area (Å²) in [4.78, 5) is 12.1. The SMILES string of the molecule is CCC/C=C\CCCCCCCC(=O)OC(CO)COCCCCCCCCCCCCCCCC/C=C\C/C=C\CCCCCCC. The summed E-state index contributed by atoms with van der Waals surface area (Å²) in [6.07, 6.45) is 52.2. The van der Waals surface area contributed by atoms with Crippen molar-refractivity contribution in [3.05, 3.63) is 36.5 Å². The van der Waals surface area contributed by atoms with Crippen LogP contribution in [0.15, 0.2) is 36.5 Å². The number of allylic oxidation sites excluding steroid dienone is 6. The molecule has 0 rings (SSSR count). The third-order valence-corrected chi connectivity index (χ3v) is 9.17. The van der Waals surface area contributed by atoms with Crippen LogP contribution < -0.4 is 0 Å². The molecule has 0 aliphatic rings. The van der Waals surface area contributed by atoms with E-state index in [1.807, 2.05) is 0 Å². The van der Waals surface area contributed by atoms with E-state index in [2.05, 4.69) is 50.3 Å². The van der Waals surface area contributed by atoms with E-state index in [1.165, 1.54) is 161 Å². The predicted octanol–water partition coefficient (Wildman–Crippen LogP) is 13.7. The Morgan fingerprint density at radius 2 is 0.917 bits per heavy atom. The molecule has 0 aromatic heterocycles. The van der Waals surface area contributed by atoms with E-state index in [1.54, 1.807) is 0 Å². The van der Waals surface area contributed by atoms with Crippen LogP contribution in [0.5, 0.6) is 0 Å². The van der Waals surface area contributed by atoms with E-state index in [9.17, 15) is 9.90 Å². The third kappa shape index (κ3) is 39.1. The highest BCUT2D eigenvalue weighted by Crippen LogP contribution is 2.14. The summed E-state index contributed by atoms with van der Waals surface area (Å²) in [5.41, 5.74) is 0. The number of esters is 1. The van der Waals surface area contributed by atoms with Crippen LogP contribution in [-0.4, -0.2) is 37.0 Å². The highest BCUT2D eigenvalue weighted by Gasteiger charge is 2.13. The van der Waals surface area contributed by atoms with Crippen molar-refractivity contribution >= 4 is 5.97 Å². The van der Waals surface area contributed by atoms with Gasteiger partial charge in [0.25, 0.3) is 0 Å². The summed E-state index contributed by atoms with van der Waals surface area (Å²) in [5.74, 6) is -0.212. The first-order chi connectivity index (χ1) is 23.7. The number of ether oxygens (including phenoxy) is 2. The van der Waals surface area contributed by atoms with Gasteiger partial charge in [0.2, 0.25) is 0 Å². The molecule has 1 N–H and O–H groups in total. The largest absolute Gasteiger partial charge is 0.457 e. The molecule has 0 fully saturated rings. The maximum absolute atomic E-state index is 12.1. The van der Waals surface area contributed by atoms with Crippen molar-refractivity contribution in [3.8, 4) is 0 Å². The molecule has 0 heterocycles. The number of aliphatic hydroxyl groups is 1. The lowest BCUT2D eigenvalue weighted by atomic mass is 10.0. The van der Waals surface area contributed by atoms with Gasteiger partial charge in [-0.15, -0.1) is 0 Å². The van der Waals surface area contributed by atoms with Crippen LogP contribution in [0, 0.1) is 0 Å². The summed E-state index contributed by atoms with van der Waals surface area (Å²) in [6.45, 7) is 5.28. The predicted molar refractivity (Wildman–Crippen MR) is 210 cm³/mol. The van der Waals surface area contributed by atoms with Crippen LogP contribution in [0.1, 0.15) is 213 Å². The fraction of sp³-hybridized carbons (Fsp3) is 0.841. The minimum Gasteiger partial charge on any atom is -0.457 e. The van der Waals surface area contributed by atoms with Gasteiger partial charge in [-0.1, -0.05) is 179 Å². The third-order valence-electron chi connectivity index (χ3n) is 9.17. The van der Waals surface area contributed by atoms with Gasteiger partial charge in [-0.05, 0) is 64.2 Å². The molecule has 4 nitrogen and oxygen atoms in total. The molecule has 0 aliphatic heterocycles. The Morgan fingerprint density at radius 3 is 1.40 bits per heavy atom. The molecule has 0 saturated carbocycles. The van der Waals surface area contributed by atoms with Crippen LogP contribution in [0.25, 0.3) is 0 Å². The monoisotopic (exact) mass is 675 g/mol. The van der Waals surface area contributed by atoms with E-state index >= 15 is 0 Å². The molecule has 0 spiro atoms. The van der Waals surface area contributed by atoms with Crippen molar-refractivity contribution in [2.24, 2.45) is 0 Å². The smallest absolute Gasteiger partial charge is 0.306 e. The van der Waals surface area contributed by atoms with Crippen LogP contribution in [0.4, 0.5) is 0 Å². The maximum atomic E-state index is 12.1. The van der Waals surface area contributed by atoms with Gasteiger partial charge in [-0.3, -0.25) is 4.79 Å². The number of carbonyl (C=O) groups excluding carboxylic acids is 1. The second-order valence-corrected chi connectivity index (χ2v) is 14.1. The first kappa shape index (κ1) is 46.6. The highest BCUT2D eigenvalue weighted by atomic mass is 16.6. The molecule has 4 heteroatoms. The zero-order valence-electron chi connectivity index (χ0n) is 32.3. The van der Waals surface area contributed by atoms with Crippen molar-refractivity contribution in [2.75, 3.05) is 19.8 Å². The first-order valence-electron chi connectivity index (χ1n) is 21.1. The Morgan fingerprint density at radius 1 is 0.500 bits per heavy atom. The molecule has 282 valence electrons. The number of hydrogen-bond acceptors (Lipinski definition) is 4. The van der Waals surface area contributed by atoms with E-state index in [4.69, 9.17) is 9.47 Å². The Kier molecular flexibility index (Phi) is 40.6. The molecule has 0 bridgehead atoms. The van der Waals surface area contributed by atoms with Crippen LogP contribution in [-0.2, 0) is 14.3 Å². The minimum atomic E-state index is -0.535. The van der Waals surface area contributed by atoms with E-state index < -0.39 is 6.10 Å². The molecule has 1 unspecified atom stereocenters. The van der Waals surface area contributed by atoms with Crippen molar-refractivity contribution < 1.29 is 19.4 Å². The molecular formula is C44H82O4. The zero-order chi connectivity index (χ0) is 34.9. The summed E-state index contributed by atoms with van der Waals surface area (Å²) in [6, 6.07) is 0. The average molecular weight is 675 g/mol. The number of unbranched alkanes of at least 4 members (excludes halogenated alkanes) is 25. The number of hydrogen-bond donors (Lipinski definition) is 1. The van der Waals surface area contributed by atoms with Gasteiger partial charge in [-0.2, -0.15) is 0 Å². The Balaban J connectivity index is 3.36. The van der Waals surface area contributed by atoms with Crippen molar-refractivity contribution in [3.63, 3.8) is 0 Å². The van der Waals surface area contributed by atoms with E-state index in [0.717, 1.165) is 32.1 Å². The molecule has 1 atom stereocenters. The normalized spacial score (nSPS) is 12.6. The quantitative estimate of drug-likeness (QED) is 0.0400. The lowest BCUT2D eigenvalue weighted by molar-refractivity contribution is -0.154. The van der Waals surface area contributed by atoms with E-state index in [0.29, 0.717) is 19.6 Å². The maximum Gasteiger partial charge on any atom is 0.306 e. The minimum absolute atomic E-state index is 0.174. The number of aliphatic hydroxyl groups excluding tert-OH is 1. The standard InChI is InChI=1S/C44H82O4/c1-3-5-7-9-11-13-15-16-17-18-19-20-21-22-23-24-25-26-27-28-29-30-32-34-36-38-40-47-42-43(41-45)48-44(46)39-37-35-33-31-14-12-10-8-6-4-2/h8,10,15-16,18-19,43,45H,3-7,9,11-14,17,20-42H2,1-2H3/b10-8-,16-15-,19-18-. The molecule has 0 radical (unpaired) electrons. The summed E-state index contributed by atoms with van der Waals surface area (Å²) >= 11 is 0. The first-order valence-corrected chi connectivity index (χ1v) is 21.1. The molecular weight excluding hydrogens is 592 g/mol. The summed E-state index contributed by atoms with van der Waals surface area (Å²) in [5, 5.41) is 9.56. The van der Waals surface area contributed by atoms with Gasteiger partial charge in [0, 0.05) is 13.0 Å². The van der Waals surface area contributed by atoms with E-state index in [-0.39, 0.29) is 12.6 Å². The number of rotatable bonds is 39. The zero-order valence-corrected chi connectivity index (χ0v) is 32.3. The van der Waals surface area contributed by atoms with Crippen LogP contribution >= 0.6 is 0 Å². The highest BCUT2D eigenvalue weighted by molar-refractivity contribution is 5.69. The Labute approximate surface area is 300 Å². The van der Waals surface area contributed by atoms with Gasteiger partial charge in [0.15, 0.2) is 0 Å². The lowest BCUT2D eigenvalue weighted by Gasteiger charge is -2.15. The second-order valence-electron chi connectivity index (χ2n) is 14.1. The van der Waals surface area contributed by atoms with Crippen LogP contribution in [0.3, 0.4) is 0 Å².